The maximum absolute atomic E-state index is 6.01. The Labute approximate surface area is 136 Å². The van der Waals surface area contributed by atoms with Gasteiger partial charge in [-0.25, -0.2) is 0 Å². The van der Waals surface area contributed by atoms with Crippen LogP contribution in [0.3, 0.4) is 0 Å². The van der Waals surface area contributed by atoms with Crippen molar-refractivity contribution in [3.05, 3.63) is 33.8 Å². The first-order valence-electron chi connectivity index (χ1n) is 6.62. The molecule has 0 aliphatic rings. The van der Waals surface area contributed by atoms with E-state index < -0.39 is 0 Å². The fraction of sp³-hybridized carbons (Fsp3) is 0.500. The van der Waals surface area contributed by atoms with E-state index in [2.05, 4.69) is 19.4 Å². The molecule has 0 aromatic heterocycles. The summed E-state index contributed by atoms with van der Waals surface area (Å²) < 4.78 is 0. The van der Waals surface area contributed by atoms with Crippen LogP contribution in [0.5, 0.6) is 0 Å². The highest BCUT2D eigenvalue weighted by atomic mass is 35.5. The highest BCUT2D eigenvalue weighted by molar-refractivity contribution is 7.80. The Hall–Kier alpha value is -0.550. The second-order valence-electron chi connectivity index (χ2n) is 5.15. The smallest absolute Gasteiger partial charge is 0.168 e. The van der Waals surface area contributed by atoms with Crippen LogP contribution < -0.4 is 10.2 Å². The molecule has 0 aliphatic carbocycles. The fourth-order valence-electron chi connectivity index (χ4n) is 1.76. The lowest BCUT2D eigenvalue weighted by Gasteiger charge is -2.21. The van der Waals surface area contributed by atoms with Crippen molar-refractivity contribution in [2.45, 2.75) is 13.0 Å². The lowest BCUT2D eigenvalue weighted by molar-refractivity contribution is -0.858. The molecule has 0 saturated heterocycles. The highest BCUT2D eigenvalue weighted by Gasteiger charge is 2.06. The Bertz CT molecular complexity index is 452. The van der Waals surface area contributed by atoms with Gasteiger partial charge in [0, 0.05) is 26.6 Å². The zero-order valence-electron chi connectivity index (χ0n) is 12.2. The third-order valence-corrected chi connectivity index (χ3v) is 4.08. The molecule has 2 N–H and O–H groups in total. The van der Waals surface area contributed by atoms with E-state index in [0.717, 1.165) is 30.2 Å². The summed E-state index contributed by atoms with van der Waals surface area (Å²) in [5.74, 6) is 0. The molecular formula is C14H22Cl2N3S+. The van der Waals surface area contributed by atoms with Gasteiger partial charge in [-0.3, -0.25) is 0 Å². The molecule has 0 atom stereocenters. The Balaban J connectivity index is 2.39. The molecule has 1 aromatic carbocycles. The molecule has 0 unspecified atom stereocenters. The Morgan fingerprint density at radius 1 is 1.30 bits per heavy atom. The van der Waals surface area contributed by atoms with Gasteiger partial charge in [-0.15, -0.1) is 0 Å². The van der Waals surface area contributed by atoms with E-state index in [4.69, 9.17) is 35.4 Å². The van der Waals surface area contributed by atoms with E-state index in [0.29, 0.717) is 16.6 Å². The molecule has 0 fully saturated rings. The van der Waals surface area contributed by atoms with Crippen molar-refractivity contribution in [1.82, 2.24) is 10.2 Å². The third kappa shape index (κ3) is 6.27. The van der Waals surface area contributed by atoms with Crippen molar-refractivity contribution < 1.29 is 4.90 Å². The Kier molecular flexibility index (Phi) is 7.59. The average Bonchev–Trinajstić information content (AvgIpc) is 2.38. The molecular weight excluding hydrogens is 313 g/mol. The van der Waals surface area contributed by atoms with Crippen LogP contribution >= 0.6 is 35.4 Å². The molecule has 0 heterocycles. The van der Waals surface area contributed by atoms with E-state index in [1.165, 1.54) is 4.90 Å². The number of hydrogen-bond donors (Lipinski definition) is 2. The van der Waals surface area contributed by atoms with Crippen LogP contribution in [-0.2, 0) is 6.54 Å². The lowest BCUT2D eigenvalue weighted by Crippen LogP contribution is -3.05. The van der Waals surface area contributed by atoms with Gasteiger partial charge >= 0.3 is 0 Å². The maximum Gasteiger partial charge on any atom is 0.168 e. The maximum atomic E-state index is 6.01. The van der Waals surface area contributed by atoms with Gasteiger partial charge in [0.15, 0.2) is 5.11 Å². The number of rotatable bonds is 6. The van der Waals surface area contributed by atoms with Crippen LogP contribution in [0.4, 0.5) is 0 Å². The molecule has 0 saturated carbocycles. The normalized spacial score (nSPS) is 10.7. The van der Waals surface area contributed by atoms with Gasteiger partial charge < -0.3 is 15.1 Å². The number of quaternary nitrogens is 1. The SMILES string of the molecule is CN(Cc1ccc(Cl)c(Cl)c1)C(=S)NCCC[NH+](C)C. The Morgan fingerprint density at radius 2 is 2.00 bits per heavy atom. The minimum absolute atomic E-state index is 0.574. The van der Waals surface area contributed by atoms with Gasteiger partial charge in [0.25, 0.3) is 0 Å². The molecule has 1 rings (SSSR count). The van der Waals surface area contributed by atoms with E-state index in [1.54, 1.807) is 0 Å². The van der Waals surface area contributed by atoms with Gasteiger partial charge in [0.2, 0.25) is 0 Å². The standard InChI is InChI=1S/C14H21Cl2N3S/c1-18(2)8-4-7-17-14(20)19(3)10-11-5-6-12(15)13(16)9-11/h5-6,9H,4,7-8,10H2,1-3H3,(H,17,20)/p+1. The van der Waals surface area contributed by atoms with E-state index in [9.17, 15) is 0 Å². The van der Waals surface area contributed by atoms with Crippen LogP contribution in [0.2, 0.25) is 10.0 Å². The second-order valence-corrected chi connectivity index (χ2v) is 6.35. The summed E-state index contributed by atoms with van der Waals surface area (Å²) in [6, 6.07) is 5.64. The zero-order chi connectivity index (χ0) is 15.1. The monoisotopic (exact) mass is 334 g/mol. The van der Waals surface area contributed by atoms with Gasteiger partial charge in [-0.2, -0.15) is 0 Å². The molecule has 0 amide bonds. The van der Waals surface area contributed by atoms with Crippen LogP contribution in [0.15, 0.2) is 18.2 Å². The molecule has 6 heteroatoms. The molecule has 0 aliphatic heterocycles. The van der Waals surface area contributed by atoms with Crippen LogP contribution in [0.25, 0.3) is 0 Å². The fourth-order valence-corrected chi connectivity index (χ4v) is 2.24. The number of benzene rings is 1. The number of thiocarbonyl (C=S) groups is 1. The first-order valence-corrected chi connectivity index (χ1v) is 7.78. The summed E-state index contributed by atoms with van der Waals surface area (Å²) in [6.07, 6.45) is 1.10. The summed E-state index contributed by atoms with van der Waals surface area (Å²) in [7, 11) is 6.26. The minimum atomic E-state index is 0.574. The van der Waals surface area contributed by atoms with Crippen molar-refractivity contribution >= 4 is 40.5 Å². The van der Waals surface area contributed by atoms with Crippen molar-refractivity contribution in [2.75, 3.05) is 34.2 Å². The minimum Gasteiger partial charge on any atom is -0.362 e. The van der Waals surface area contributed by atoms with Crippen LogP contribution in [0, 0.1) is 0 Å². The number of hydrogen-bond acceptors (Lipinski definition) is 1. The summed E-state index contributed by atoms with van der Waals surface area (Å²) >= 11 is 17.3. The predicted octanol–water partition coefficient (Wildman–Crippen LogP) is 1.83. The summed E-state index contributed by atoms with van der Waals surface area (Å²) in [6.45, 7) is 2.74. The summed E-state index contributed by atoms with van der Waals surface area (Å²) in [5, 5.41) is 5.17. The molecule has 1 aromatic rings. The van der Waals surface area contributed by atoms with Crippen molar-refractivity contribution in [3.8, 4) is 0 Å². The van der Waals surface area contributed by atoms with Gasteiger partial charge in [0.1, 0.15) is 0 Å². The topological polar surface area (TPSA) is 19.7 Å². The molecule has 20 heavy (non-hydrogen) atoms. The third-order valence-electron chi connectivity index (χ3n) is 2.88. The highest BCUT2D eigenvalue weighted by Crippen LogP contribution is 2.23. The first-order chi connectivity index (χ1) is 9.40. The van der Waals surface area contributed by atoms with Crippen molar-refractivity contribution in [2.24, 2.45) is 0 Å². The first kappa shape index (κ1) is 17.5. The summed E-state index contributed by atoms with van der Waals surface area (Å²) in [5.41, 5.74) is 1.09. The zero-order valence-corrected chi connectivity index (χ0v) is 14.5. The van der Waals surface area contributed by atoms with Crippen molar-refractivity contribution in [3.63, 3.8) is 0 Å². The average molecular weight is 335 g/mol. The van der Waals surface area contributed by atoms with Crippen LogP contribution in [0.1, 0.15) is 12.0 Å². The number of halogens is 2. The van der Waals surface area contributed by atoms with Crippen LogP contribution in [-0.4, -0.2) is 44.2 Å². The molecule has 0 bridgehead atoms. The molecule has 0 spiro atoms. The largest absolute Gasteiger partial charge is 0.362 e. The van der Waals surface area contributed by atoms with E-state index >= 15 is 0 Å². The number of nitrogens with one attached hydrogen (secondary N) is 2. The van der Waals surface area contributed by atoms with Gasteiger partial charge in [-0.05, 0) is 29.9 Å². The quantitative estimate of drug-likeness (QED) is 0.611. The molecule has 3 nitrogen and oxygen atoms in total. The van der Waals surface area contributed by atoms with E-state index in [1.807, 2.05) is 30.1 Å². The van der Waals surface area contributed by atoms with Gasteiger partial charge in [-0.1, -0.05) is 29.3 Å². The predicted molar refractivity (Wildman–Crippen MR) is 90.8 cm³/mol. The van der Waals surface area contributed by atoms with Crippen molar-refractivity contribution in [1.29, 1.82) is 0 Å². The molecule has 112 valence electrons. The lowest BCUT2D eigenvalue weighted by atomic mass is 10.2. The van der Waals surface area contributed by atoms with Gasteiger partial charge in [0.05, 0.1) is 30.7 Å². The van der Waals surface area contributed by atoms with E-state index in [-0.39, 0.29) is 0 Å². The summed E-state index contributed by atoms with van der Waals surface area (Å²) in [4.78, 5) is 3.44. The number of nitrogens with zero attached hydrogens (tertiary/aromatic N) is 1. The molecule has 0 radical (unpaired) electrons. The Morgan fingerprint density at radius 3 is 2.60 bits per heavy atom. The second kappa shape index (κ2) is 8.67.